The molecule has 1 fully saturated rings. The molecule has 0 aromatic carbocycles. The molecule has 0 aromatic rings. The first-order valence-electron chi connectivity index (χ1n) is 9.99. The lowest BCUT2D eigenvalue weighted by molar-refractivity contribution is 0.259. The fourth-order valence-electron chi connectivity index (χ4n) is 3.67. The Morgan fingerprint density at radius 3 is 2.48 bits per heavy atom. The largest absolute Gasteiger partial charge is 0.365 e. The van der Waals surface area contributed by atoms with Crippen LogP contribution in [0.15, 0.2) is 48.5 Å². The van der Waals surface area contributed by atoms with Crippen LogP contribution in [-0.2, 0) is 0 Å². The van der Waals surface area contributed by atoms with Crippen molar-refractivity contribution < 1.29 is 4.79 Å². The van der Waals surface area contributed by atoms with Crippen LogP contribution in [0.5, 0.6) is 0 Å². The van der Waals surface area contributed by atoms with E-state index in [0.29, 0.717) is 13.2 Å². The molecule has 136 valence electrons. The van der Waals surface area contributed by atoms with Crippen molar-refractivity contribution in [1.82, 2.24) is 5.32 Å². The van der Waals surface area contributed by atoms with Gasteiger partial charge in [-0.25, -0.2) is 0 Å². The minimum absolute atomic E-state index is 0.136. The molecule has 1 N–H and O–H groups in total. The predicted molar refractivity (Wildman–Crippen MR) is 115 cm³/mol. The van der Waals surface area contributed by atoms with Crippen LogP contribution in [0.25, 0.3) is 0 Å². The van der Waals surface area contributed by atoms with E-state index in [2.05, 4.69) is 36.7 Å². The SMILES string of the molecule is C=C/C(BC1CCCC(C(=C)CCNC(=O)BC)CCC1)=C\C=C/C. The predicted octanol–water partition coefficient (Wildman–Crippen LogP) is 4.97. The van der Waals surface area contributed by atoms with Crippen molar-refractivity contribution in [2.45, 2.75) is 64.5 Å². The highest BCUT2D eigenvalue weighted by atomic mass is 16.1. The Kier molecular flexibility index (Phi) is 11.1. The summed E-state index contributed by atoms with van der Waals surface area (Å²) < 4.78 is 0. The molecule has 1 aliphatic carbocycles. The Hall–Kier alpha value is -1.44. The molecule has 0 bridgehead atoms. The summed E-state index contributed by atoms with van der Waals surface area (Å²) in [4.78, 5) is 11.3. The van der Waals surface area contributed by atoms with Crippen LogP contribution < -0.4 is 5.32 Å². The van der Waals surface area contributed by atoms with Crippen LogP contribution in [0.1, 0.15) is 51.9 Å². The van der Waals surface area contributed by atoms with E-state index in [1.165, 1.54) is 49.6 Å². The molecule has 0 saturated heterocycles. The summed E-state index contributed by atoms with van der Waals surface area (Å²) in [5.74, 6) is 1.56. The lowest BCUT2D eigenvalue weighted by atomic mass is 9.54. The van der Waals surface area contributed by atoms with Gasteiger partial charge < -0.3 is 5.32 Å². The van der Waals surface area contributed by atoms with Gasteiger partial charge in [0.2, 0.25) is 7.28 Å². The van der Waals surface area contributed by atoms with Crippen molar-refractivity contribution >= 4 is 20.4 Å². The molecular formula is C21H35B2NO. The third kappa shape index (κ3) is 9.00. The van der Waals surface area contributed by atoms with E-state index in [1.807, 2.05) is 19.8 Å². The average molecular weight is 339 g/mol. The van der Waals surface area contributed by atoms with Gasteiger partial charge in [-0.2, -0.15) is 0 Å². The molecule has 25 heavy (non-hydrogen) atoms. The van der Waals surface area contributed by atoms with Gasteiger partial charge in [-0.3, -0.25) is 4.79 Å². The zero-order chi connectivity index (χ0) is 18.5. The lowest BCUT2D eigenvalue weighted by Crippen LogP contribution is -2.27. The van der Waals surface area contributed by atoms with Crippen molar-refractivity contribution in [3.05, 3.63) is 48.5 Å². The number of hydrogen-bond acceptors (Lipinski definition) is 1. The minimum atomic E-state index is 0.136. The van der Waals surface area contributed by atoms with Crippen LogP contribution in [0, 0.1) is 5.92 Å². The van der Waals surface area contributed by atoms with Crippen LogP contribution in [-0.4, -0.2) is 26.9 Å². The second-order valence-electron chi connectivity index (χ2n) is 7.21. The molecule has 0 atom stereocenters. The summed E-state index contributed by atoms with van der Waals surface area (Å²) in [6.07, 6.45) is 17.0. The number of carbonyl (C=O) groups is 1. The fourth-order valence-corrected chi connectivity index (χ4v) is 3.67. The second-order valence-corrected chi connectivity index (χ2v) is 7.21. The maximum atomic E-state index is 11.3. The van der Waals surface area contributed by atoms with Gasteiger partial charge >= 0.3 is 0 Å². The maximum Gasteiger partial charge on any atom is 0.230 e. The standard InChI is InChI=1S/C21H35B2NO/c1-5-7-12-19(6-2)23-20-13-8-10-18(11-9-14-20)17(3)15-16-24-21(25)22-4/h5-7,12,18,20,22-23H,2-3,8-11,13-16H2,1,4H3,(H,24,25)/b7-5-,19-12+. The molecule has 4 heteroatoms. The summed E-state index contributed by atoms with van der Waals surface area (Å²) in [7, 11) is 1.72. The molecule has 1 aliphatic rings. The monoisotopic (exact) mass is 339 g/mol. The highest BCUT2D eigenvalue weighted by Crippen LogP contribution is 2.33. The third-order valence-electron chi connectivity index (χ3n) is 5.29. The Balaban J connectivity index is 2.39. The number of allylic oxidation sites excluding steroid dienone is 5. The molecule has 0 aliphatic heterocycles. The maximum absolute atomic E-state index is 11.3. The molecule has 1 saturated carbocycles. The summed E-state index contributed by atoms with van der Waals surface area (Å²) >= 11 is 0. The molecule has 0 spiro atoms. The van der Waals surface area contributed by atoms with Gasteiger partial charge in [0.25, 0.3) is 0 Å². The first-order valence-corrected chi connectivity index (χ1v) is 9.99. The Morgan fingerprint density at radius 2 is 1.92 bits per heavy atom. The molecule has 0 aromatic heterocycles. The molecular weight excluding hydrogens is 304 g/mol. The normalized spacial score (nSPS) is 21.9. The van der Waals surface area contributed by atoms with Gasteiger partial charge in [0.15, 0.2) is 13.1 Å². The van der Waals surface area contributed by atoms with Gasteiger partial charge in [0.1, 0.15) is 0 Å². The number of carbonyl (C=O) groups excluding carboxylic acids is 1. The average Bonchev–Trinajstić information content (AvgIpc) is 2.59. The first kappa shape index (κ1) is 21.6. The van der Waals surface area contributed by atoms with Gasteiger partial charge in [-0.15, -0.1) is 0 Å². The van der Waals surface area contributed by atoms with E-state index in [9.17, 15) is 4.79 Å². The molecule has 1 rings (SSSR count). The van der Waals surface area contributed by atoms with E-state index < -0.39 is 0 Å². The second kappa shape index (κ2) is 12.9. The van der Waals surface area contributed by atoms with Crippen molar-refractivity contribution in [2.75, 3.05) is 6.54 Å². The topological polar surface area (TPSA) is 29.1 Å². The van der Waals surface area contributed by atoms with Gasteiger partial charge in [0, 0.05) is 6.54 Å². The molecule has 2 nitrogen and oxygen atoms in total. The van der Waals surface area contributed by atoms with E-state index in [0.717, 1.165) is 26.1 Å². The fraction of sp³-hybridized carbons (Fsp3) is 0.571. The van der Waals surface area contributed by atoms with E-state index in [1.54, 1.807) is 0 Å². The number of rotatable bonds is 9. The first-order chi connectivity index (χ1) is 12.1. The lowest BCUT2D eigenvalue weighted by Gasteiger charge is -2.26. The Labute approximate surface area is 156 Å². The molecule has 0 radical (unpaired) electrons. The highest BCUT2D eigenvalue weighted by Gasteiger charge is 2.19. The highest BCUT2D eigenvalue weighted by molar-refractivity contribution is 6.72. The number of hydrogen-bond donors (Lipinski definition) is 1. The summed E-state index contributed by atoms with van der Waals surface area (Å²) in [6, 6.07) is 0. The van der Waals surface area contributed by atoms with Gasteiger partial charge in [0.05, 0.1) is 0 Å². The van der Waals surface area contributed by atoms with Crippen molar-refractivity contribution in [3.8, 4) is 0 Å². The molecule has 0 heterocycles. The zero-order valence-corrected chi connectivity index (χ0v) is 16.4. The minimum Gasteiger partial charge on any atom is -0.365 e. The van der Waals surface area contributed by atoms with Gasteiger partial charge in [-0.1, -0.05) is 86.8 Å². The third-order valence-corrected chi connectivity index (χ3v) is 5.29. The summed E-state index contributed by atoms with van der Waals surface area (Å²) in [5, 5.41) is 2.96. The van der Waals surface area contributed by atoms with Crippen molar-refractivity contribution in [2.24, 2.45) is 5.92 Å². The van der Waals surface area contributed by atoms with E-state index in [4.69, 9.17) is 0 Å². The molecule has 1 amide bonds. The van der Waals surface area contributed by atoms with Crippen LogP contribution >= 0.6 is 0 Å². The van der Waals surface area contributed by atoms with Crippen LogP contribution in [0.3, 0.4) is 0 Å². The van der Waals surface area contributed by atoms with Crippen LogP contribution in [0.2, 0.25) is 12.6 Å². The van der Waals surface area contributed by atoms with E-state index >= 15 is 0 Å². The summed E-state index contributed by atoms with van der Waals surface area (Å²) in [5.41, 5.74) is 2.69. The zero-order valence-electron chi connectivity index (χ0n) is 16.4. The van der Waals surface area contributed by atoms with Gasteiger partial charge in [-0.05, 0) is 32.1 Å². The van der Waals surface area contributed by atoms with Crippen molar-refractivity contribution in [3.63, 3.8) is 0 Å². The number of nitrogens with one attached hydrogen (secondary N) is 1. The quantitative estimate of drug-likeness (QED) is 0.359. The Bertz CT molecular complexity index is 486. The van der Waals surface area contributed by atoms with E-state index in [-0.39, 0.29) is 5.81 Å². The summed E-state index contributed by atoms with van der Waals surface area (Å²) in [6.45, 7) is 12.9. The van der Waals surface area contributed by atoms with Crippen molar-refractivity contribution in [1.29, 1.82) is 0 Å². The Morgan fingerprint density at radius 1 is 1.24 bits per heavy atom. The molecule has 0 unspecified atom stereocenters. The smallest absolute Gasteiger partial charge is 0.230 e. The number of amides is 1. The van der Waals surface area contributed by atoms with Crippen LogP contribution in [0.4, 0.5) is 4.79 Å².